The number of piperazine rings is 1. The number of H-pyrrole nitrogens is 1. The Labute approximate surface area is 160 Å². The van der Waals surface area contributed by atoms with Gasteiger partial charge >= 0.3 is 0 Å². The number of sulfonamides is 1. The molecule has 9 heteroatoms. The average Bonchev–Trinajstić information content (AvgIpc) is 3.17. The van der Waals surface area contributed by atoms with Gasteiger partial charge in [0.1, 0.15) is 4.90 Å². The minimum Gasteiger partial charge on any atom is -0.420 e. The molecule has 8 nitrogen and oxygen atoms in total. The lowest BCUT2D eigenvalue weighted by Gasteiger charge is -2.33. The Morgan fingerprint density at radius 2 is 1.81 bits per heavy atom. The Morgan fingerprint density at radius 3 is 2.41 bits per heavy atom. The van der Waals surface area contributed by atoms with Gasteiger partial charge in [0, 0.05) is 43.5 Å². The first-order chi connectivity index (χ1) is 12.9. The molecule has 1 aliphatic carbocycles. The summed E-state index contributed by atoms with van der Waals surface area (Å²) in [6.45, 7) is 9.16. The maximum absolute atomic E-state index is 13.4. The second-order valence-electron chi connectivity index (χ2n) is 7.49. The fraction of sp³-hybridized carbons (Fsp3) is 0.667. The highest BCUT2D eigenvalue weighted by atomic mass is 32.2. The molecular weight excluding hydrogens is 366 g/mol. The number of aromatic nitrogens is 3. The summed E-state index contributed by atoms with van der Waals surface area (Å²) in [5, 5.41) is 8.36. The van der Waals surface area contributed by atoms with Gasteiger partial charge in [0.25, 0.3) is 5.89 Å². The normalized spacial score (nSPS) is 20.1. The first kappa shape index (κ1) is 18.6. The zero-order chi connectivity index (χ0) is 19.2. The third-order valence-electron chi connectivity index (χ3n) is 5.80. The highest BCUT2D eigenvalue weighted by molar-refractivity contribution is 7.89. The van der Waals surface area contributed by atoms with E-state index in [1.807, 2.05) is 6.92 Å². The Kier molecular flexibility index (Phi) is 4.85. The number of aryl methyl sites for hydroxylation is 2. The van der Waals surface area contributed by atoms with Crippen LogP contribution in [0.1, 0.15) is 49.4 Å². The molecule has 0 amide bonds. The number of nitrogens with one attached hydrogen (secondary N) is 1. The molecule has 1 aliphatic heterocycles. The van der Waals surface area contributed by atoms with Crippen LogP contribution in [0, 0.1) is 13.8 Å². The fourth-order valence-corrected chi connectivity index (χ4v) is 5.75. The van der Waals surface area contributed by atoms with Crippen LogP contribution in [-0.2, 0) is 10.0 Å². The first-order valence-corrected chi connectivity index (χ1v) is 11.1. The van der Waals surface area contributed by atoms with Crippen molar-refractivity contribution < 1.29 is 12.8 Å². The van der Waals surface area contributed by atoms with E-state index < -0.39 is 10.0 Å². The smallest absolute Gasteiger partial charge is 0.250 e. The molecule has 4 rings (SSSR count). The number of rotatable bonds is 5. The van der Waals surface area contributed by atoms with Crippen molar-refractivity contribution in [3.63, 3.8) is 0 Å². The van der Waals surface area contributed by atoms with Gasteiger partial charge in [0.2, 0.25) is 15.9 Å². The Hall–Kier alpha value is -1.71. The van der Waals surface area contributed by atoms with E-state index >= 15 is 0 Å². The molecule has 1 saturated carbocycles. The summed E-state index contributed by atoms with van der Waals surface area (Å²) in [5.41, 5.74) is 1.87. The Balaban J connectivity index is 1.70. The molecule has 0 radical (unpaired) electrons. The van der Waals surface area contributed by atoms with Crippen LogP contribution in [0.3, 0.4) is 0 Å². The highest BCUT2D eigenvalue weighted by Gasteiger charge is 2.35. The van der Waals surface area contributed by atoms with E-state index in [2.05, 4.69) is 27.0 Å². The number of aromatic amines is 1. The van der Waals surface area contributed by atoms with E-state index in [9.17, 15) is 8.42 Å². The van der Waals surface area contributed by atoms with Gasteiger partial charge in [0.05, 0.1) is 5.56 Å². The molecule has 0 unspecified atom stereocenters. The topological polar surface area (TPSA) is 95.3 Å². The Morgan fingerprint density at radius 1 is 1.11 bits per heavy atom. The zero-order valence-electron chi connectivity index (χ0n) is 16.2. The van der Waals surface area contributed by atoms with Crippen molar-refractivity contribution in [2.75, 3.05) is 32.7 Å². The third kappa shape index (κ3) is 3.21. The molecule has 2 aliphatic rings. The van der Waals surface area contributed by atoms with E-state index in [1.54, 1.807) is 11.2 Å². The summed E-state index contributed by atoms with van der Waals surface area (Å²) in [6, 6.07) is 0. The van der Waals surface area contributed by atoms with Crippen LogP contribution < -0.4 is 0 Å². The van der Waals surface area contributed by atoms with Crippen molar-refractivity contribution in [3.05, 3.63) is 17.3 Å². The maximum atomic E-state index is 13.4. The van der Waals surface area contributed by atoms with Gasteiger partial charge < -0.3 is 14.3 Å². The summed E-state index contributed by atoms with van der Waals surface area (Å²) in [5.74, 6) is 1.23. The van der Waals surface area contributed by atoms with Crippen LogP contribution in [0.4, 0.5) is 0 Å². The molecule has 148 valence electrons. The van der Waals surface area contributed by atoms with Crippen LogP contribution in [0.5, 0.6) is 0 Å². The van der Waals surface area contributed by atoms with Crippen LogP contribution >= 0.6 is 0 Å². The van der Waals surface area contributed by atoms with Gasteiger partial charge in [-0.25, -0.2) is 8.42 Å². The summed E-state index contributed by atoms with van der Waals surface area (Å²) < 4.78 is 34.3. The fourth-order valence-electron chi connectivity index (χ4n) is 3.91. The van der Waals surface area contributed by atoms with Crippen molar-refractivity contribution in [1.29, 1.82) is 0 Å². The monoisotopic (exact) mass is 393 g/mol. The largest absolute Gasteiger partial charge is 0.420 e. The SMILES string of the molecule is CCN1CCN(S(=O)(=O)c2c(C)[nH]c(C)c2-c2nnc(C3CCC3)o2)CC1. The summed E-state index contributed by atoms with van der Waals surface area (Å²) in [6.07, 6.45) is 3.29. The zero-order valence-corrected chi connectivity index (χ0v) is 17.0. The van der Waals surface area contributed by atoms with Crippen molar-refractivity contribution in [2.24, 2.45) is 0 Å². The predicted molar refractivity (Wildman–Crippen MR) is 101 cm³/mol. The van der Waals surface area contributed by atoms with E-state index in [-0.39, 0.29) is 4.90 Å². The molecule has 0 aromatic carbocycles. The standard InChI is InChI=1S/C18H27N5O3S/c1-4-22-8-10-23(11-9-22)27(24,25)16-13(3)19-12(2)15(16)18-21-20-17(26-18)14-6-5-7-14/h14,19H,4-11H2,1-3H3. The van der Waals surface area contributed by atoms with Gasteiger partial charge in [-0.15, -0.1) is 10.2 Å². The van der Waals surface area contributed by atoms with Crippen molar-refractivity contribution in [2.45, 2.75) is 50.8 Å². The Bertz CT molecular complexity index is 921. The van der Waals surface area contributed by atoms with E-state index in [0.717, 1.165) is 38.2 Å². The molecule has 0 spiro atoms. The van der Waals surface area contributed by atoms with Gasteiger partial charge in [-0.1, -0.05) is 13.3 Å². The number of nitrogens with zero attached hydrogens (tertiary/aromatic N) is 4. The number of hydrogen-bond donors (Lipinski definition) is 1. The van der Waals surface area contributed by atoms with Crippen molar-refractivity contribution in [1.82, 2.24) is 24.4 Å². The first-order valence-electron chi connectivity index (χ1n) is 9.67. The lowest BCUT2D eigenvalue weighted by Crippen LogP contribution is -2.48. The van der Waals surface area contributed by atoms with Crippen LogP contribution in [-0.4, -0.2) is 65.5 Å². The van der Waals surface area contributed by atoms with Crippen LogP contribution in [0.15, 0.2) is 9.31 Å². The van der Waals surface area contributed by atoms with Gasteiger partial charge in [-0.3, -0.25) is 0 Å². The summed E-state index contributed by atoms with van der Waals surface area (Å²) in [7, 11) is -3.64. The molecule has 3 heterocycles. The quantitative estimate of drug-likeness (QED) is 0.837. The maximum Gasteiger partial charge on any atom is 0.250 e. The highest BCUT2D eigenvalue weighted by Crippen LogP contribution is 2.39. The van der Waals surface area contributed by atoms with E-state index in [1.165, 1.54) is 6.42 Å². The lowest BCUT2D eigenvalue weighted by atomic mass is 9.85. The van der Waals surface area contributed by atoms with Gasteiger partial charge in [-0.2, -0.15) is 4.31 Å². The van der Waals surface area contributed by atoms with E-state index in [0.29, 0.717) is 42.0 Å². The molecule has 0 bridgehead atoms. The number of likely N-dealkylation sites (N-methyl/N-ethyl adjacent to an activating group) is 1. The molecule has 1 N–H and O–H groups in total. The van der Waals surface area contributed by atoms with Gasteiger partial charge in [-0.05, 0) is 33.2 Å². The molecular formula is C18H27N5O3S. The molecule has 2 aromatic rings. The molecule has 1 saturated heterocycles. The molecule has 2 aromatic heterocycles. The van der Waals surface area contributed by atoms with E-state index in [4.69, 9.17) is 4.42 Å². The molecule has 2 fully saturated rings. The average molecular weight is 394 g/mol. The number of hydrogen-bond acceptors (Lipinski definition) is 6. The molecule has 0 atom stereocenters. The minimum atomic E-state index is -3.64. The third-order valence-corrected chi connectivity index (χ3v) is 7.87. The summed E-state index contributed by atoms with van der Waals surface area (Å²) in [4.78, 5) is 5.69. The predicted octanol–water partition coefficient (Wildman–Crippen LogP) is 2.28. The molecule has 27 heavy (non-hydrogen) atoms. The second kappa shape index (κ2) is 7.03. The minimum absolute atomic E-state index is 0.272. The second-order valence-corrected chi connectivity index (χ2v) is 9.37. The van der Waals surface area contributed by atoms with Crippen molar-refractivity contribution >= 4 is 10.0 Å². The summed E-state index contributed by atoms with van der Waals surface area (Å²) >= 11 is 0. The van der Waals surface area contributed by atoms with Crippen LogP contribution in [0.25, 0.3) is 11.5 Å². The lowest BCUT2D eigenvalue weighted by molar-refractivity contribution is 0.196. The van der Waals surface area contributed by atoms with Crippen molar-refractivity contribution in [3.8, 4) is 11.5 Å². The van der Waals surface area contributed by atoms with Gasteiger partial charge in [0.15, 0.2) is 0 Å². The van der Waals surface area contributed by atoms with Crippen LogP contribution in [0.2, 0.25) is 0 Å².